The molecule has 2 aromatic rings. The fourth-order valence-electron chi connectivity index (χ4n) is 1.85. The van der Waals surface area contributed by atoms with Crippen LogP contribution in [0, 0.1) is 0 Å². The minimum Gasteiger partial charge on any atom is -0.480 e. The van der Waals surface area contributed by atoms with Crippen molar-refractivity contribution in [3.63, 3.8) is 0 Å². The quantitative estimate of drug-likeness (QED) is 0.809. The number of nitrogen functional groups attached to an aromatic ring is 1. The van der Waals surface area contributed by atoms with E-state index in [-0.39, 0.29) is 0 Å². The molecule has 1 heterocycles. The van der Waals surface area contributed by atoms with Crippen LogP contribution in [0.2, 0.25) is 0 Å². The molecule has 2 rings (SSSR count). The predicted molar refractivity (Wildman–Crippen MR) is 69.0 cm³/mol. The van der Waals surface area contributed by atoms with Crippen LogP contribution in [0.15, 0.2) is 36.7 Å². The van der Waals surface area contributed by atoms with E-state index in [4.69, 9.17) is 10.8 Å². The van der Waals surface area contributed by atoms with Crippen molar-refractivity contribution in [3.8, 4) is 11.1 Å². The standard InChI is InChI=1S/C13H15N3O2/c1-2-12(13(17)18)16-8-10(7-15-16)9-4-3-5-11(14)6-9/h3-8,12H,2,14H2,1H3,(H,17,18). The monoisotopic (exact) mass is 245 g/mol. The Balaban J connectivity index is 2.33. The van der Waals surface area contributed by atoms with Crippen molar-refractivity contribution in [3.05, 3.63) is 36.7 Å². The summed E-state index contributed by atoms with van der Waals surface area (Å²) in [7, 11) is 0. The summed E-state index contributed by atoms with van der Waals surface area (Å²) in [6, 6.07) is 6.79. The molecular formula is C13H15N3O2. The van der Waals surface area contributed by atoms with Gasteiger partial charge in [0.25, 0.3) is 0 Å². The second-order valence-corrected chi connectivity index (χ2v) is 4.10. The lowest BCUT2D eigenvalue weighted by Crippen LogP contribution is -2.18. The fourth-order valence-corrected chi connectivity index (χ4v) is 1.85. The number of carboxylic acid groups (broad SMARTS) is 1. The van der Waals surface area contributed by atoms with E-state index in [0.29, 0.717) is 12.1 Å². The highest BCUT2D eigenvalue weighted by Gasteiger charge is 2.18. The van der Waals surface area contributed by atoms with Crippen molar-refractivity contribution >= 4 is 11.7 Å². The minimum atomic E-state index is -0.875. The summed E-state index contributed by atoms with van der Waals surface area (Å²) >= 11 is 0. The predicted octanol–water partition coefficient (Wildman–Crippen LogP) is 2.17. The van der Waals surface area contributed by atoms with Gasteiger partial charge in [-0.1, -0.05) is 19.1 Å². The Bertz CT molecular complexity index is 563. The van der Waals surface area contributed by atoms with E-state index < -0.39 is 12.0 Å². The average molecular weight is 245 g/mol. The molecule has 3 N–H and O–H groups in total. The number of carboxylic acids is 1. The number of aliphatic carboxylic acids is 1. The van der Waals surface area contributed by atoms with E-state index in [1.54, 1.807) is 18.5 Å². The lowest BCUT2D eigenvalue weighted by atomic mass is 10.1. The Kier molecular flexibility index (Phi) is 3.32. The number of rotatable bonds is 4. The minimum absolute atomic E-state index is 0.493. The van der Waals surface area contributed by atoms with Crippen LogP contribution in [0.3, 0.4) is 0 Å². The van der Waals surface area contributed by atoms with Gasteiger partial charge in [0.15, 0.2) is 0 Å². The van der Waals surface area contributed by atoms with E-state index in [0.717, 1.165) is 11.1 Å². The molecule has 1 atom stereocenters. The van der Waals surface area contributed by atoms with Gasteiger partial charge in [0.2, 0.25) is 0 Å². The zero-order valence-corrected chi connectivity index (χ0v) is 10.1. The second-order valence-electron chi connectivity index (χ2n) is 4.10. The Morgan fingerprint density at radius 1 is 1.50 bits per heavy atom. The molecule has 0 aliphatic carbocycles. The fraction of sp³-hybridized carbons (Fsp3) is 0.231. The summed E-state index contributed by atoms with van der Waals surface area (Å²) in [6.07, 6.45) is 3.88. The first-order chi connectivity index (χ1) is 8.61. The molecule has 0 aliphatic heterocycles. The molecule has 5 nitrogen and oxygen atoms in total. The molecule has 1 unspecified atom stereocenters. The van der Waals surface area contributed by atoms with Crippen LogP contribution in [0.25, 0.3) is 11.1 Å². The van der Waals surface area contributed by atoms with Crippen LogP contribution in [0.1, 0.15) is 19.4 Å². The van der Waals surface area contributed by atoms with Gasteiger partial charge < -0.3 is 10.8 Å². The summed E-state index contributed by atoms with van der Waals surface area (Å²) in [4.78, 5) is 11.1. The van der Waals surface area contributed by atoms with Crippen molar-refractivity contribution in [1.29, 1.82) is 0 Å². The molecule has 0 spiro atoms. The molecule has 94 valence electrons. The van der Waals surface area contributed by atoms with Crippen LogP contribution < -0.4 is 5.73 Å². The third-order valence-corrected chi connectivity index (χ3v) is 2.81. The number of anilines is 1. The number of carbonyl (C=O) groups is 1. The Morgan fingerprint density at radius 3 is 2.89 bits per heavy atom. The van der Waals surface area contributed by atoms with Crippen LogP contribution in [0.5, 0.6) is 0 Å². The number of nitrogens with zero attached hydrogens (tertiary/aromatic N) is 2. The van der Waals surface area contributed by atoms with Gasteiger partial charge in [-0.3, -0.25) is 4.68 Å². The summed E-state index contributed by atoms with van der Waals surface area (Å²) in [5.74, 6) is -0.875. The lowest BCUT2D eigenvalue weighted by molar-refractivity contribution is -0.141. The maximum absolute atomic E-state index is 11.1. The molecule has 1 aromatic heterocycles. The largest absolute Gasteiger partial charge is 0.480 e. The van der Waals surface area contributed by atoms with E-state index in [9.17, 15) is 4.79 Å². The Hall–Kier alpha value is -2.30. The number of nitrogens with two attached hydrogens (primary N) is 1. The molecule has 0 saturated carbocycles. The number of hydrogen-bond acceptors (Lipinski definition) is 3. The molecular weight excluding hydrogens is 230 g/mol. The summed E-state index contributed by atoms with van der Waals surface area (Å²) in [6.45, 7) is 1.82. The van der Waals surface area contributed by atoms with Gasteiger partial charge in [-0.15, -0.1) is 0 Å². The summed E-state index contributed by atoms with van der Waals surface area (Å²) < 4.78 is 1.47. The van der Waals surface area contributed by atoms with Crippen LogP contribution in [-0.4, -0.2) is 20.9 Å². The summed E-state index contributed by atoms with van der Waals surface area (Å²) in [5.41, 5.74) is 8.18. The SMILES string of the molecule is CCC(C(=O)O)n1cc(-c2cccc(N)c2)cn1. The van der Waals surface area contributed by atoms with Crippen molar-refractivity contribution < 1.29 is 9.90 Å². The molecule has 0 fully saturated rings. The van der Waals surface area contributed by atoms with Crippen molar-refractivity contribution in [2.75, 3.05) is 5.73 Å². The van der Waals surface area contributed by atoms with Gasteiger partial charge in [-0.2, -0.15) is 5.10 Å². The van der Waals surface area contributed by atoms with E-state index in [1.165, 1.54) is 4.68 Å². The Morgan fingerprint density at radius 2 is 2.28 bits per heavy atom. The van der Waals surface area contributed by atoms with Gasteiger partial charge in [-0.25, -0.2) is 4.79 Å². The van der Waals surface area contributed by atoms with Crippen LogP contribution >= 0.6 is 0 Å². The van der Waals surface area contributed by atoms with Crippen molar-refractivity contribution in [1.82, 2.24) is 9.78 Å². The maximum atomic E-state index is 11.1. The van der Waals surface area contributed by atoms with Crippen molar-refractivity contribution in [2.24, 2.45) is 0 Å². The third kappa shape index (κ3) is 2.34. The Labute approximate surface area is 105 Å². The molecule has 0 aliphatic rings. The molecule has 0 saturated heterocycles. The average Bonchev–Trinajstić information content (AvgIpc) is 2.79. The second kappa shape index (κ2) is 4.91. The van der Waals surface area contributed by atoms with Gasteiger partial charge in [0.05, 0.1) is 6.20 Å². The van der Waals surface area contributed by atoms with Crippen LogP contribution in [0.4, 0.5) is 5.69 Å². The molecule has 1 aromatic carbocycles. The topological polar surface area (TPSA) is 81.1 Å². The van der Waals surface area contributed by atoms with E-state index in [1.807, 2.05) is 25.1 Å². The summed E-state index contributed by atoms with van der Waals surface area (Å²) in [5, 5.41) is 13.2. The molecule has 0 radical (unpaired) electrons. The maximum Gasteiger partial charge on any atom is 0.328 e. The van der Waals surface area contributed by atoms with Gasteiger partial charge in [0.1, 0.15) is 6.04 Å². The van der Waals surface area contributed by atoms with Crippen LogP contribution in [-0.2, 0) is 4.79 Å². The first kappa shape index (κ1) is 12.2. The normalized spacial score (nSPS) is 12.3. The van der Waals surface area contributed by atoms with E-state index in [2.05, 4.69) is 5.10 Å². The van der Waals surface area contributed by atoms with Gasteiger partial charge in [-0.05, 0) is 24.1 Å². The highest BCUT2D eigenvalue weighted by atomic mass is 16.4. The smallest absolute Gasteiger partial charge is 0.328 e. The highest BCUT2D eigenvalue weighted by molar-refractivity contribution is 5.72. The first-order valence-electron chi connectivity index (χ1n) is 5.74. The lowest BCUT2D eigenvalue weighted by Gasteiger charge is -2.09. The van der Waals surface area contributed by atoms with Gasteiger partial charge in [0, 0.05) is 17.4 Å². The zero-order valence-electron chi connectivity index (χ0n) is 10.1. The molecule has 0 amide bonds. The highest BCUT2D eigenvalue weighted by Crippen LogP contribution is 2.22. The number of benzene rings is 1. The third-order valence-electron chi connectivity index (χ3n) is 2.81. The first-order valence-corrected chi connectivity index (χ1v) is 5.74. The number of hydrogen-bond donors (Lipinski definition) is 2. The zero-order chi connectivity index (χ0) is 13.1. The van der Waals surface area contributed by atoms with E-state index >= 15 is 0 Å². The molecule has 5 heteroatoms. The van der Waals surface area contributed by atoms with Gasteiger partial charge >= 0.3 is 5.97 Å². The number of aromatic nitrogens is 2. The molecule has 0 bridgehead atoms. The molecule has 18 heavy (non-hydrogen) atoms. The van der Waals surface area contributed by atoms with Crippen molar-refractivity contribution in [2.45, 2.75) is 19.4 Å².